The number of rotatable bonds is 2. The Bertz CT molecular complexity index is 921. The van der Waals surface area contributed by atoms with Crippen molar-refractivity contribution in [3.8, 4) is 11.8 Å². The zero-order valence-corrected chi connectivity index (χ0v) is 11.9. The summed E-state index contributed by atoms with van der Waals surface area (Å²) in [6, 6.07) is 10.8. The molecule has 0 aliphatic carbocycles. The number of hydrogen-bond acceptors (Lipinski definition) is 4. The van der Waals surface area contributed by atoms with E-state index < -0.39 is 5.82 Å². The number of nitriles is 1. The molecule has 0 amide bonds. The van der Waals surface area contributed by atoms with Crippen LogP contribution < -0.4 is 5.32 Å². The normalized spacial score (nSPS) is 10.4. The van der Waals surface area contributed by atoms with E-state index in [9.17, 15) is 9.50 Å². The van der Waals surface area contributed by atoms with E-state index in [0.717, 1.165) is 0 Å². The first-order chi connectivity index (χ1) is 10.6. The van der Waals surface area contributed by atoms with Crippen LogP contribution in [0.4, 0.5) is 15.8 Å². The molecular weight excluding hydrogens is 305 g/mol. The number of halogens is 2. The first kappa shape index (κ1) is 14.1. The first-order valence-electron chi connectivity index (χ1n) is 6.32. The summed E-state index contributed by atoms with van der Waals surface area (Å²) in [5, 5.41) is 22.6. The Labute approximate surface area is 130 Å². The van der Waals surface area contributed by atoms with Crippen molar-refractivity contribution in [1.82, 2.24) is 4.98 Å². The summed E-state index contributed by atoms with van der Waals surface area (Å²) >= 11 is 5.73. The highest BCUT2D eigenvalue weighted by Crippen LogP contribution is 2.31. The highest BCUT2D eigenvalue weighted by Gasteiger charge is 2.10. The average Bonchev–Trinajstić information content (AvgIpc) is 2.49. The molecule has 22 heavy (non-hydrogen) atoms. The summed E-state index contributed by atoms with van der Waals surface area (Å²) in [6.07, 6.45) is 1.53. The van der Waals surface area contributed by atoms with Gasteiger partial charge in [0.2, 0.25) is 0 Å². The molecule has 2 N–H and O–H groups in total. The second-order valence-electron chi connectivity index (χ2n) is 4.61. The van der Waals surface area contributed by atoms with E-state index in [2.05, 4.69) is 10.3 Å². The van der Waals surface area contributed by atoms with Crippen LogP contribution >= 0.6 is 11.6 Å². The lowest BCUT2D eigenvalue weighted by Gasteiger charge is -2.11. The second-order valence-corrected chi connectivity index (χ2v) is 5.04. The summed E-state index contributed by atoms with van der Waals surface area (Å²) < 4.78 is 13.9. The van der Waals surface area contributed by atoms with Crippen LogP contribution in [0.2, 0.25) is 5.02 Å². The fourth-order valence-electron chi connectivity index (χ4n) is 2.12. The van der Waals surface area contributed by atoms with E-state index in [1.807, 2.05) is 6.07 Å². The lowest BCUT2D eigenvalue weighted by molar-refractivity contribution is 0.474. The molecule has 1 heterocycles. The lowest BCUT2D eigenvalue weighted by atomic mass is 10.1. The summed E-state index contributed by atoms with van der Waals surface area (Å²) in [6.45, 7) is 0. The van der Waals surface area contributed by atoms with E-state index in [4.69, 9.17) is 16.9 Å². The fraction of sp³-hybridized carbons (Fsp3) is 0. The van der Waals surface area contributed by atoms with Gasteiger partial charge < -0.3 is 10.4 Å². The summed E-state index contributed by atoms with van der Waals surface area (Å²) in [4.78, 5) is 4.13. The molecule has 2 aromatic carbocycles. The lowest BCUT2D eigenvalue weighted by Crippen LogP contribution is -1.96. The molecule has 1 aromatic heterocycles. The molecule has 3 rings (SSSR count). The number of pyridine rings is 1. The predicted molar refractivity (Wildman–Crippen MR) is 82.8 cm³/mol. The quantitative estimate of drug-likeness (QED) is 0.738. The highest BCUT2D eigenvalue weighted by atomic mass is 35.5. The highest BCUT2D eigenvalue weighted by molar-refractivity contribution is 6.30. The number of phenolic OH excluding ortho intramolecular Hbond substituents is 1. The molecule has 0 aliphatic heterocycles. The molecule has 108 valence electrons. The van der Waals surface area contributed by atoms with Crippen molar-refractivity contribution in [2.75, 3.05) is 5.32 Å². The Balaban J connectivity index is 2.13. The number of phenols is 1. The smallest absolute Gasteiger partial charge is 0.148 e. The monoisotopic (exact) mass is 313 g/mol. The fourth-order valence-corrected chi connectivity index (χ4v) is 2.27. The predicted octanol–water partition coefficient (Wildman–Crippen LogP) is 4.35. The largest absolute Gasteiger partial charge is 0.506 e. The molecular formula is C16H9ClFN3O. The third kappa shape index (κ3) is 2.52. The number of nitrogens with zero attached hydrogens (tertiary/aromatic N) is 2. The van der Waals surface area contributed by atoms with Crippen molar-refractivity contribution < 1.29 is 9.50 Å². The SMILES string of the molecule is N#Cc1cc2c(Nc3ccc(Cl)cc3F)ccnc2cc1O. The summed E-state index contributed by atoms with van der Waals surface area (Å²) in [5.41, 5.74) is 1.45. The van der Waals surface area contributed by atoms with E-state index in [1.54, 1.807) is 12.1 Å². The topological polar surface area (TPSA) is 68.9 Å². The average molecular weight is 314 g/mol. The van der Waals surface area contributed by atoms with Crippen LogP contribution in [-0.4, -0.2) is 10.1 Å². The molecule has 0 radical (unpaired) electrons. The van der Waals surface area contributed by atoms with Crippen LogP contribution in [0.25, 0.3) is 10.9 Å². The van der Waals surface area contributed by atoms with Crippen LogP contribution in [0, 0.1) is 17.1 Å². The molecule has 0 spiro atoms. The Morgan fingerprint density at radius 2 is 2.00 bits per heavy atom. The van der Waals surface area contributed by atoms with Crippen molar-refractivity contribution in [2.45, 2.75) is 0 Å². The number of benzene rings is 2. The van der Waals surface area contributed by atoms with Crippen LogP contribution in [-0.2, 0) is 0 Å². The maximum Gasteiger partial charge on any atom is 0.148 e. The molecule has 3 aromatic rings. The number of nitrogens with one attached hydrogen (secondary N) is 1. The van der Waals surface area contributed by atoms with Gasteiger partial charge >= 0.3 is 0 Å². The Hall–Kier alpha value is -2.84. The zero-order chi connectivity index (χ0) is 15.7. The van der Waals surface area contributed by atoms with E-state index >= 15 is 0 Å². The first-order valence-corrected chi connectivity index (χ1v) is 6.70. The van der Waals surface area contributed by atoms with E-state index in [-0.39, 0.29) is 17.0 Å². The van der Waals surface area contributed by atoms with Crippen LogP contribution in [0.15, 0.2) is 42.6 Å². The Morgan fingerprint density at radius 3 is 2.73 bits per heavy atom. The third-order valence-electron chi connectivity index (χ3n) is 3.18. The maximum atomic E-state index is 13.9. The van der Waals surface area contributed by atoms with Gasteiger partial charge in [0.1, 0.15) is 17.6 Å². The molecule has 0 bridgehead atoms. The van der Waals surface area contributed by atoms with Crippen molar-refractivity contribution in [1.29, 1.82) is 5.26 Å². The molecule has 0 aliphatic rings. The minimum absolute atomic E-state index is 0.125. The molecule has 0 fully saturated rings. The number of aromatic hydroxyl groups is 1. The van der Waals surface area contributed by atoms with Gasteiger partial charge in [0.25, 0.3) is 0 Å². The van der Waals surface area contributed by atoms with Crippen molar-refractivity contribution in [2.24, 2.45) is 0 Å². The van der Waals surface area contributed by atoms with Crippen molar-refractivity contribution in [3.63, 3.8) is 0 Å². The second kappa shape index (κ2) is 5.51. The van der Waals surface area contributed by atoms with Gasteiger partial charge in [-0.3, -0.25) is 4.98 Å². The molecule has 6 heteroatoms. The Morgan fingerprint density at radius 1 is 1.18 bits per heavy atom. The number of anilines is 2. The van der Waals surface area contributed by atoms with Crippen LogP contribution in [0.5, 0.6) is 5.75 Å². The van der Waals surface area contributed by atoms with Gasteiger partial charge in [0.15, 0.2) is 0 Å². The number of fused-ring (bicyclic) bond motifs is 1. The molecule has 4 nitrogen and oxygen atoms in total. The minimum Gasteiger partial charge on any atom is -0.506 e. The maximum absolute atomic E-state index is 13.9. The standard InChI is InChI=1S/C16H9ClFN3O/c17-10-1-2-14(12(18)6-10)21-13-3-4-20-15-7-16(22)9(8-19)5-11(13)15/h1-7,22H,(H,20,21). The van der Waals surface area contributed by atoms with Crippen molar-refractivity contribution in [3.05, 3.63) is 59.0 Å². The molecule has 0 atom stereocenters. The Kier molecular flexibility index (Phi) is 3.53. The molecule has 0 saturated heterocycles. The van der Waals surface area contributed by atoms with Gasteiger partial charge in [-0.2, -0.15) is 5.26 Å². The third-order valence-corrected chi connectivity index (χ3v) is 3.42. The number of aromatic nitrogens is 1. The molecule has 0 unspecified atom stereocenters. The van der Waals surface area contributed by atoms with Crippen LogP contribution in [0.3, 0.4) is 0 Å². The van der Waals surface area contributed by atoms with Gasteiger partial charge in [0.05, 0.1) is 16.8 Å². The zero-order valence-electron chi connectivity index (χ0n) is 11.1. The number of hydrogen-bond donors (Lipinski definition) is 2. The molecule has 0 saturated carbocycles. The van der Waals surface area contributed by atoms with Gasteiger partial charge in [-0.1, -0.05) is 11.6 Å². The van der Waals surface area contributed by atoms with Gasteiger partial charge in [0, 0.05) is 28.4 Å². The summed E-state index contributed by atoms with van der Waals surface area (Å²) in [5.74, 6) is -0.630. The minimum atomic E-state index is -0.489. The van der Waals surface area contributed by atoms with Crippen LogP contribution in [0.1, 0.15) is 5.56 Å². The van der Waals surface area contributed by atoms with Gasteiger partial charge in [-0.25, -0.2) is 4.39 Å². The van der Waals surface area contributed by atoms with E-state index in [0.29, 0.717) is 21.6 Å². The summed E-state index contributed by atoms with van der Waals surface area (Å²) in [7, 11) is 0. The van der Waals surface area contributed by atoms with Gasteiger partial charge in [-0.15, -0.1) is 0 Å². The van der Waals surface area contributed by atoms with E-state index in [1.165, 1.54) is 30.5 Å². The van der Waals surface area contributed by atoms with Crippen molar-refractivity contribution >= 4 is 33.9 Å². The van der Waals surface area contributed by atoms with Gasteiger partial charge in [-0.05, 0) is 30.3 Å².